The van der Waals surface area contributed by atoms with Gasteiger partial charge >= 0.3 is 0 Å². The maximum atomic E-state index is 6.50. The number of pyridine rings is 1. The van der Waals surface area contributed by atoms with E-state index in [1.165, 1.54) is 0 Å². The first-order valence-electron chi connectivity index (χ1n) is 11.4. The molecule has 4 aromatic rings. The average Bonchev–Trinajstić information content (AvgIpc) is 3.58. The number of nitrogens with one attached hydrogen (secondary N) is 1. The van der Waals surface area contributed by atoms with Crippen LogP contribution in [-0.4, -0.2) is 68.5 Å². The third kappa shape index (κ3) is 3.20. The molecule has 0 bridgehead atoms. The van der Waals surface area contributed by atoms with Crippen LogP contribution in [0.25, 0.3) is 16.7 Å². The Hall–Kier alpha value is -3.68. The van der Waals surface area contributed by atoms with Crippen molar-refractivity contribution in [3.8, 4) is 17.6 Å². The zero-order chi connectivity index (χ0) is 23.3. The minimum absolute atomic E-state index is 0.0544. The van der Waals surface area contributed by atoms with Crippen molar-refractivity contribution < 1.29 is 9.47 Å². The first kappa shape index (κ1) is 20.9. The van der Waals surface area contributed by atoms with Gasteiger partial charge in [0.25, 0.3) is 0 Å². The lowest BCUT2D eigenvalue weighted by atomic mass is 9.73. The number of anilines is 1. The lowest BCUT2D eigenvalue weighted by Crippen LogP contribution is -2.51. The highest BCUT2D eigenvalue weighted by Gasteiger charge is 2.47. The number of imidazole rings is 1. The lowest BCUT2D eigenvalue weighted by Gasteiger charge is -2.41. The molecule has 0 unspecified atom stereocenters. The van der Waals surface area contributed by atoms with Gasteiger partial charge in [-0.2, -0.15) is 10.1 Å². The molecule has 10 heteroatoms. The summed E-state index contributed by atoms with van der Waals surface area (Å²) < 4.78 is 13.2. The van der Waals surface area contributed by atoms with Crippen LogP contribution in [0.5, 0.6) is 5.75 Å². The Kier molecular flexibility index (Phi) is 4.90. The average molecular weight is 459 g/mol. The molecule has 2 saturated heterocycles. The molecule has 0 amide bonds. The van der Waals surface area contributed by atoms with Crippen LogP contribution in [0, 0.1) is 17.3 Å². The molecule has 6 rings (SSSR count). The number of H-pyrrole nitrogens is 1. The highest BCUT2D eigenvalue weighted by atomic mass is 16.5. The maximum Gasteiger partial charge on any atom is 0.213 e. The van der Waals surface area contributed by atoms with Gasteiger partial charge in [0, 0.05) is 43.1 Å². The molecule has 2 aliphatic rings. The van der Waals surface area contributed by atoms with Gasteiger partial charge in [-0.1, -0.05) is 5.92 Å². The van der Waals surface area contributed by atoms with Crippen molar-refractivity contribution in [2.75, 3.05) is 31.7 Å². The molecule has 6 heterocycles. The van der Waals surface area contributed by atoms with Crippen molar-refractivity contribution in [3.05, 3.63) is 42.1 Å². The summed E-state index contributed by atoms with van der Waals surface area (Å²) in [5.41, 5.74) is 9.32. The van der Waals surface area contributed by atoms with Gasteiger partial charge in [0.1, 0.15) is 5.69 Å². The quantitative estimate of drug-likeness (QED) is 0.436. The van der Waals surface area contributed by atoms with Gasteiger partial charge in [0.05, 0.1) is 37.0 Å². The third-order valence-electron chi connectivity index (χ3n) is 7.25. The summed E-state index contributed by atoms with van der Waals surface area (Å²) in [4.78, 5) is 15.9. The molecular formula is C24H26N8O2. The van der Waals surface area contributed by atoms with Crippen LogP contribution in [0.15, 0.2) is 30.9 Å². The van der Waals surface area contributed by atoms with E-state index in [0.29, 0.717) is 17.1 Å². The molecule has 0 aliphatic carbocycles. The Morgan fingerprint density at radius 2 is 2.12 bits per heavy atom. The molecule has 0 radical (unpaired) electrons. The zero-order valence-electron chi connectivity index (χ0n) is 19.2. The molecule has 2 atom stereocenters. The van der Waals surface area contributed by atoms with E-state index in [1.807, 2.05) is 16.7 Å². The van der Waals surface area contributed by atoms with Gasteiger partial charge in [-0.3, -0.25) is 14.5 Å². The summed E-state index contributed by atoms with van der Waals surface area (Å²) in [6.45, 7) is 4.52. The first-order valence-corrected chi connectivity index (χ1v) is 11.4. The van der Waals surface area contributed by atoms with E-state index in [4.69, 9.17) is 20.2 Å². The number of nitrogens with two attached hydrogens (primary N) is 1. The second-order valence-corrected chi connectivity index (χ2v) is 9.05. The highest BCUT2D eigenvalue weighted by Crippen LogP contribution is 2.42. The highest BCUT2D eigenvalue weighted by molar-refractivity contribution is 5.94. The van der Waals surface area contributed by atoms with Crippen LogP contribution >= 0.6 is 0 Å². The predicted octanol–water partition coefficient (Wildman–Crippen LogP) is 1.74. The van der Waals surface area contributed by atoms with Crippen molar-refractivity contribution in [1.82, 2.24) is 29.5 Å². The largest absolute Gasteiger partial charge is 0.494 e. The molecule has 0 aromatic carbocycles. The third-order valence-corrected chi connectivity index (χ3v) is 7.25. The molecule has 2 fully saturated rings. The van der Waals surface area contributed by atoms with Gasteiger partial charge < -0.3 is 20.1 Å². The number of ether oxygens (including phenoxy) is 2. The second kappa shape index (κ2) is 7.97. The molecule has 3 N–H and O–H groups in total. The van der Waals surface area contributed by atoms with E-state index < -0.39 is 0 Å². The van der Waals surface area contributed by atoms with E-state index in [9.17, 15) is 0 Å². The van der Waals surface area contributed by atoms with E-state index in [2.05, 4.69) is 43.8 Å². The number of methoxy groups -OCH3 is 1. The Morgan fingerprint density at radius 1 is 1.26 bits per heavy atom. The Bertz CT molecular complexity index is 1420. The van der Waals surface area contributed by atoms with Crippen LogP contribution in [0.4, 0.5) is 5.95 Å². The van der Waals surface area contributed by atoms with Crippen LogP contribution in [0.1, 0.15) is 31.0 Å². The SMILES string of the molecule is COc1cnccc1C#Cc1n[nH]c2nc(N3CCC4(CC3)CO[C@@H](C)[C@H]4N)n3ccnc3c12. The van der Waals surface area contributed by atoms with Gasteiger partial charge in [0.2, 0.25) is 5.95 Å². The maximum absolute atomic E-state index is 6.50. The number of hydrogen-bond acceptors (Lipinski definition) is 8. The van der Waals surface area contributed by atoms with Crippen LogP contribution in [-0.2, 0) is 4.74 Å². The second-order valence-electron chi connectivity index (χ2n) is 9.05. The van der Waals surface area contributed by atoms with Crippen molar-refractivity contribution in [3.63, 3.8) is 0 Å². The molecule has 0 saturated carbocycles. The number of nitrogens with zero attached hydrogens (tertiary/aromatic N) is 6. The minimum Gasteiger partial charge on any atom is -0.494 e. The normalized spacial score (nSPS) is 21.8. The fourth-order valence-electron chi connectivity index (χ4n) is 5.14. The first-order chi connectivity index (χ1) is 16.6. The minimum atomic E-state index is 0.0544. The number of fused-ring (bicyclic) bond motifs is 3. The summed E-state index contributed by atoms with van der Waals surface area (Å²) in [5, 5.41) is 8.28. The zero-order valence-corrected chi connectivity index (χ0v) is 19.2. The van der Waals surface area contributed by atoms with Crippen LogP contribution in [0.3, 0.4) is 0 Å². The van der Waals surface area contributed by atoms with Crippen LogP contribution < -0.4 is 15.4 Å². The Morgan fingerprint density at radius 3 is 2.88 bits per heavy atom. The summed E-state index contributed by atoms with van der Waals surface area (Å²) in [7, 11) is 1.60. The van der Waals surface area contributed by atoms with Crippen molar-refractivity contribution in [2.24, 2.45) is 11.1 Å². The molecule has 2 aliphatic heterocycles. The van der Waals surface area contributed by atoms with Crippen LogP contribution in [0.2, 0.25) is 0 Å². The Labute approximate surface area is 196 Å². The molecule has 10 nitrogen and oxygen atoms in total. The van der Waals surface area contributed by atoms with E-state index in [0.717, 1.165) is 55.1 Å². The van der Waals surface area contributed by atoms with Gasteiger partial charge in [0.15, 0.2) is 17.0 Å². The number of aromatic nitrogens is 6. The van der Waals surface area contributed by atoms with Gasteiger partial charge in [-0.05, 0) is 31.8 Å². The number of hydrogen-bond donors (Lipinski definition) is 2. The number of aromatic amines is 1. The van der Waals surface area contributed by atoms with E-state index >= 15 is 0 Å². The number of piperidine rings is 1. The molecule has 1 spiro atoms. The van der Waals surface area contributed by atoms with Gasteiger partial charge in [-0.15, -0.1) is 0 Å². The van der Waals surface area contributed by atoms with Gasteiger partial charge in [-0.25, -0.2) is 4.98 Å². The standard InChI is InChI=1S/C24H26N8O2/c1-15-20(25)24(14-34-15)6-10-31(11-7-24)23-28-21-19(22-27-9-12-32(22)23)17(29-30-21)4-3-16-5-8-26-13-18(16)33-2/h5,8-9,12-13,15,20H,6-7,10-11,14,25H2,1-2H3,(H,29,30)/t15-,20+/m0/s1. The van der Waals surface area contributed by atoms with Crippen molar-refractivity contribution in [1.29, 1.82) is 0 Å². The van der Waals surface area contributed by atoms with E-state index in [1.54, 1.807) is 25.7 Å². The fraction of sp³-hybridized carbons (Fsp3) is 0.417. The monoisotopic (exact) mass is 458 g/mol. The lowest BCUT2D eigenvalue weighted by molar-refractivity contribution is 0.0973. The molecule has 174 valence electrons. The summed E-state index contributed by atoms with van der Waals surface area (Å²) >= 11 is 0. The molecule has 34 heavy (non-hydrogen) atoms. The topological polar surface area (TPSA) is 119 Å². The predicted molar refractivity (Wildman–Crippen MR) is 127 cm³/mol. The van der Waals surface area contributed by atoms with Crippen molar-refractivity contribution >= 4 is 22.6 Å². The fourth-order valence-corrected chi connectivity index (χ4v) is 5.14. The number of rotatable bonds is 2. The summed E-state index contributed by atoms with van der Waals surface area (Å²) in [6.07, 6.45) is 9.10. The molecular weight excluding hydrogens is 432 g/mol. The molecule has 4 aromatic heterocycles. The smallest absolute Gasteiger partial charge is 0.213 e. The summed E-state index contributed by atoms with van der Waals surface area (Å²) in [5.74, 6) is 7.74. The Balaban J connectivity index is 1.35. The van der Waals surface area contributed by atoms with Crippen molar-refractivity contribution in [2.45, 2.75) is 31.9 Å². The van der Waals surface area contributed by atoms with E-state index in [-0.39, 0.29) is 17.6 Å². The summed E-state index contributed by atoms with van der Waals surface area (Å²) in [6, 6.07) is 1.89.